The van der Waals surface area contributed by atoms with Gasteiger partial charge in [-0.2, -0.15) is 0 Å². The van der Waals surface area contributed by atoms with Gasteiger partial charge in [-0.25, -0.2) is 14.2 Å². The van der Waals surface area contributed by atoms with Gasteiger partial charge in [-0.3, -0.25) is 18.7 Å². The van der Waals surface area contributed by atoms with Gasteiger partial charge in [-0.05, 0) is 42.7 Å². The molecule has 2 heterocycles. The first kappa shape index (κ1) is 21.0. The quantitative estimate of drug-likeness (QED) is 0.697. The van der Waals surface area contributed by atoms with E-state index in [1.807, 2.05) is 0 Å². The highest BCUT2D eigenvalue weighted by Gasteiger charge is 2.34. The van der Waals surface area contributed by atoms with Crippen molar-refractivity contribution < 1.29 is 9.18 Å². The number of carbonyl (C=O) groups is 1. The van der Waals surface area contributed by atoms with Crippen molar-refractivity contribution in [3.05, 3.63) is 74.3 Å². The number of halogens is 1. The smallest absolute Gasteiger partial charge is 0.332 e. The van der Waals surface area contributed by atoms with E-state index in [1.165, 1.54) is 42.9 Å². The molecule has 0 radical (unpaired) electrons. The predicted molar refractivity (Wildman–Crippen MR) is 116 cm³/mol. The molecule has 0 atom stereocenters. The molecule has 1 N–H and O–H groups in total. The van der Waals surface area contributed by atoms with Crippen molar-refractivity contribution in [3.8, 4) is 0 Å². The highest BCUT2D eigenvalue weighted by atomic mass is 19.1. The molecule has 0 bridgehead atoms. The van der Waals surface area contributed by atoms with Gasteiger partial charge in [0.05, 0.1) is 5.39 Å². The highest BCUT2D eigenvalue weighted by Crippen LogP contribution is 2.39. The number of fused-ring (bicyclic) bond motifs is 1. The van der Waals surface area contributed by atoms with Crippen molar-refractivity contribution >= 4 is 16.9 Å². The molecule has 8 heteroatoms. The van der Waals surface area contributed by atoms with Gasteiger partial charge in [-0.1, -0.05) is 31.4 Å². The number of carbonyl (C=O) groups excluding carboxylic acids is 1. The van der Waals surface area contributed by atoms with Crippen LogP contribution < -0.4 is 16.6 Å². The van der Waals surface area contributed by atoms with Crippen LogP contribution in [0.5, 0.6) is 0 Å². The minimum atomic E-state index is -0.500. The number of aromatic nitrogens is 3. The van der Waals surface area contributed by atoms with Gasteiger partial charge in [0.25, 0.3) is 11.5 Å². The van der Waals surface area contributed by atoms with Crippen molar-refractivity contribution in [2.75, 3.05) is 6.54 Å². The topological polar surface area (TPSA) is 86.0 Å². The van der Waals surface area contributed by atoms with Gasteiger partial charge in [0.15, 0.2) is 0 Å². The Kier molecular flexibility index (Phi) is 5.47. The monoisotopic (exact) mass is 424 g/mol. The Morgan fingerprint density at radius 2 is 1.71 bits per heavy atom. The molecular formula is C23H25FN4O3. The van der Waals surface area contributed by atoms with Crippen LogP contribution in [0.2, 0.25) is 0 Å². The molecule has 3 aromatic rings. The number of nitrogens with one attached hydrogen (secondary N) is 1. The van der Waals surface area contributed by atoms with E-state index in [4.69, 9.17) is 0 Å². The number of pyridine rings is 1. The molecule has 0 unspecified atom stereocenters. The van der Waals surface area contributed by atoms with Crippen molar-refractivity contribution in [3.63, 3.8) is 0 Å². The summed E-state index contributed by atoms with van der Waals surface area (Å²) in [5, 5.41) is 3.26. The van der Waals surface area contributed by atoms with E-state index in [0.717, 1.165) is 42.2 Å². The number of amides is 1. The molecular weight excluding hydrogens is 399 g/mol. The maximum Gasteiger partial charge on any atom is 0.332 e. The van der Waals surface area contributed by atoms with Crippen molar-refractivity contribution in [1.82, 2.24) is 19.4 Å². The third-order valence-electron chi connectivity index (χ3n) is 6.39. The number of hydrogen-bond acceptors (Lipinski definition) is 4. The lowest BCUT2D eigenvalue weighted by Gasteiger charge is -2.38. The number of benzene rings is 1. The zero-order valence-corrected chi connectivity index (χ0v) is 17.7. The van der Waals surface area contributed by atoms with Crippen LogP contribution in [0.1, 0.15) is 48.2 Å². The van der Waals surface area contributed by atoms with Gasteiger partial charge < -0.3 is 5.32 Å². The molecule has 0 saturated heterocycles. The Hall–Kier alpha value is -3.29. The Morgan fingerprint density at radius 3 is 2.39 bits per heavy atom. The lowest BCUT2D eigenvalue weighted by molar-refractivity contribution is 0.0932. The molecule has 0 spiro atoms. The Balaban J connectivity index is 1.62. The number of nitrogens with zero attached hydrogens (tertiary/aromatic N) is 3. The molecule has 1 aliphatic carbocycles. The number of aryl methyl sites for hydroxylation is 1. The summed E-state index contributed by atoms with van der Waals surface area (Å²) in [6.07, 6.45) is 5.06. The molecule has 4 rings (SSSR count). The molecule has 7 nitrogen and oxygen atoms in total. The average Bonchev–Trinajstić information content (AvgIpc) is 2.80. The van der Waals surface area contributed by atoms with Gasteiger partial charge >= 0.3 is 5.69 Å². The van der Waals surface area contributed by atoms with Crippen LogP contribution in [-0.2, 0) is 19.5 Å². The lowest BCUT2D eigenvalue weighted by atomic mass is 9.69. The molecule has 1 aromatic carbocycles. The van der Waals surface area contributed by atoms with Crippen molar-refractivity contribution in [2.45, 2.75) is 37.5 Å². The van der Waals surface area contributed by atoms with E-state index in [9.17, 15) is 18.8 Å². The first-order valence-corrected chi connectivity index (χ1v) is 10.4. The minimum absolute atomic E-state index is 0.140. The van der Waals surface area contributed by atoms with Gasteiger partial charge in [0.1, 0.15) is 17.2 Å². The first-order chi connectivity index (χ1) is 14.8. The van der Waals surface area contributed by atoms with E-state index in [1.54, 1.807) is 12.1 Å². The van der Waals surface area contributed by atoms with Crippen LogP contribution in [0, 0.1) is 5.82 Å². The first-order valence-electron chi connectivity index (χ1n) is 10.4. The zero-order chi connectivity index (χ0) is 22.2. The van der Waals surface area contributed by atoms with Gasteiger partial charge in [-0.15, -0.1) is 0 Å². The summed E-state index contributed by atoms with van der Waals surface area (Å²) in [5.74, 6) is -0.655. The van der Waals surface area contributed by atoms with Gasteiger partial charge in [0.2, 0.25) is 0 Å². The summed E-state index contributed by atoms with van der Waals surface area (Å²) >= 11 is 0. The Morgan fingerprint density at radius 1 is 1.03 bits per heavy atom. The average molecular weight is 424 g/mol. The summed E-state index contributed by atoms with van der Waals surface area (Å²) < 4.78 is 15.7. The third-order valence-corrected chi connectivity index (χ3v) is 6.39. The second kappa shape index (κ2) is 8.09. The molecule has 1 aliphatic rings. The Labute approximate surface area is 178 Å². The normalized spacial score (nSPS) is 15.7. The molecule has 162 valence electrons. The molecule has 1 saturated carbocycles. The summed E-state index contributed by atoms with van der Waals surface area (Å²) in [7, 11) is 2.92. The van der Waals surface area contributed by atoms with Crippen LogP contribution in [0.25, 0.3) is 11.0 Å². The van der Waals surface area contributed by atoms with E-state index in [0.29, 0.717) is 6.54 Å². The second-order valence-corrected chi connectivity index (χ2v) is 8.30. The van der Waals surface area contributed by atoms with Crippen LogP contribution in [-0.4, -0.2) is 26.6 Å². The molecule has 31 heavy (non-hydrogen) atoms. The standard InChI is InChI=1S/C23H25FN4O3/c1-27-19-17(21(30)28(2)22(27)31)10-11-18(26-19)20(29)25-14-23(12-4-3-5-13-23)15-6-8-16(24)9-7-15/h6-11H,3-5,12-14H2,1-2H3,(H,25,29). The van der Waals surface area contributed by atoms with Crippen LogP contribution in [0.3, 0.4) is 0 Å². The summed E-state index contributed by atoms with van der Waals surface area (Å²) in [5.41, 5.74) is 0.134. The summed E-state index contributed by atoms with van der Waals surface area (Å²) in [6, 6.07) is 9.53. The van der Waals surface area contributed by atoms with E-state index < -0.39 is 11.2 Å². The maximum absolute atomic E-state index is 13.4. The number of rotatable bonds is 4. The largest absolute Gasteiger partial charge is 0.350 e. The third kappa shape index (κ3) is 3.78. The predicted octanol–water partition coefficient (Wildman–Crippen LogP) is 2.40. The zero-order valence-electron chi connectivity index (χ0n) is 17.7. The van der Waals surface area contributed by atoms with E-state index >= 15 is 0 Å². The van der Waals surface area contributed by atoms with Crippen LogP contribution in [0.15, 0.2) is 46.0 Å². The fraction of sp³-hybridized carbons (Fsp3) is 0.391. The minimum Gasteiger partial charge on any atom is -0.350 e. The van der Waals surface area contributed by atoms with E-state index in [-0.39, 0.29) is 33.9 Å². The molecule has 0 aliphatic heterocycles. The molecule has 1 fully saturated rings. The SMILES string of the molecule is Cn1c(=O)c2ccc(C(=O)NCC3(c4ccc(F)cc4)CCCCC3)nc2n(C)c1=O. The maximum atomic E-state index is 13.4. The van der Waals surface area contributed by atoms with Crippen molar-refractivity contribution in [2.24, 2.45) is 14.1 Å². The Bertz CT molecular complexity index is 1250. The van der Waals surface area contributed by atoms with E-state index in [2.05, 4.69) is 10.3 Å². The summed E-state index contributed by atoms with van der Waals surface area (Å²) in [6.45, 7) is 0.409. The van der Waals surface area contributed by atoms with Crippen LogP contribution in [0.4, 0.5) is 4.39 Å². The molecule has 2 aromatic heterocycles. The van der Waals surface area contributed by atoms with Crippen molar-refractivity contribution in [1.29, 1.82) is 0 Å². The second-order valence-electron chi connectivity index (χ2n) is 8.30. The summed E-state index contributed by atoms with van der Waals surface area (Å²) in [4.78, 5) is 41.7. The highest BCUT2D eigenvalue weighted by molar-refractivity contribution is 5.94. The van der Waals surface area contributed by atoms with Crippen LogP contribution >= 0.6 is 0 Å². The fourth-order valence-electron chi connectivity index (χ4n) is 4.52. The molecule has 1 amide bonds. The lowest BCUT2D eigenvalue weighted by Crippen LogP contribution is -2.42. The fourth-order valence-corrected chi connectivity index (χ4v) is 4.52. The van der Waals surface area contributed by atoms with Gasteiger partial charge in [0, 0.05) is 26.1 Å². The number of hydrogen-bond donors (Lipinski definition) is 1.